The molecule has 1 atom stereocenters. The smallest absolute Gasteiger partial charge is 0.225 e. The van der Waals surface area contributed by atoms with Gasteiger partial charge in [-0.25, -0.2) is 4.99 Å². The topological polar surface area (TPSA) is 65.5 Å². The third-order valence-electron chi connectivity index (χ3n) is 4.68. The van der Waals surface area contributed by atoms with Gasteiger partial charge in [0, 0.05) is 35.6 Å². The number of hydrogen-bond acceptors (Lipinski definition) is 2. The molecule has 0 aliphatic carbocycles. The zero-order valence-electron chi connectivity index (χ0n) is 15.7. The average Bonchev–Trinajstić information content (AvgIpc) is 2.64. The lowest BCUT2D eigenvalue weighted by atomic mass is 9.90. The van der Waals surface area contributed by atoms with Crippen molar-refractivity contribution in [2.45, 2.75) is 32.7 Å². The van der Waals surface area contributed by atoms with Crippen LogP contribution in [0.4, 0.5) is 5.69 Å². The lowest BCUT2D eigenvalue weighted by Crippen LogP contribution is -2.40. The minimum absolute atomic E-state index is 0.0629. The summed E-state index contributed by atoms with van der Waals surface area (Å²) in [5.74, 6) is 0.962. The highest BCUT2D eigenvalue weighted by Gasteiger charge is 2.24. The predicted octanol–water partition coefficient (Wildman–Crippen LogP) is 3.94. The van der Waals surface area contributed by atoms with Gasteiger partial charge in [0.2, 0.25) is 5.91 Å². The molecule has 1 unspecified atom stereocenters. The van der Waals surface area contributed by atoms with Crippen LogP contribution in [0.15, 0.2) is 51.9 Å². The summed E-state index contributed by atoms with van der Waals surface area (Å²) in [6, 6.07) is 14.2. The molecule has 1 aliphatic heterocycles. The second-order valence-electron chi connectivity index (χ2n) is 6.68. The van der Waals surface area contributed by atoms with Gasteiger partial charge in [-0.1, -0.05) is 40.2 Å². The number of carbonyl (C=O) groups is 1. The van der Waals surface area contributed by atoms with Crippen molar-refractivity contribution in [2.24, 2.45) is 4.99 Å². The third-order valence-corrected chi connectivity index (χ3v) is 5.17. The van der Waals surface area contributed by atoms with Gasteiger partial charge in [-0.3, -0.25) is 4.79 Å². The maximum absolute atomic E-state index is 12.0. The first kappa shape index (κ1) is 19.4. The molecule has 1 aliphatic rings. The average molecular weight is 429 g/mol. The Morgan fingerprint density at radius 1 is 1.26 bits per heavy atom. The van der Waals surface area contributed by atoms with Crippen LogP contribution in [0.1, 0.15) is 36.0 Å². The van der Waals surface area contributed by atoms with Crippen molar-refractivity contribution in [3.8, 4) is 0 Å². The molecular formula is C21H25BrN4O. The summed E-state index contributed by atoms with van der Waals surface area (Å²) >= 11 is 3.50. The van der Waals surface area contributed by atoms with E-state index in [2.05, 4.69) is 57.0 Å². The van der Waals surface area contributed by atoms with E-state index in [4.69, 9.17) is 4.99 Å². The fourth-order valence-electron chi connectivity index (χ4n) is 3.25. The molecule has 27 heavy (non-hydrogen) atoms. The highest BCUT2D eigenvalue weighted by atomic mass is 79.9. The molecule has 0 fully saturated rings. The summed E-state index contributed by atoms with van der Waals surface area (Å²) in [7, 11) is 0. The number of guanidine groups is 1. The Labute approximate surface area is 168 Å². The van der Waals surface area contributed by atoms with Crippen molar-refractivity contribution in [2.75, 3.05) is 18.4 Å². The molecular weight excluding hydrogens is 404 g/mol. The number of benzene rings is 2. The summed E-state index contributed by atoms with van der Waals surface area (Å²) in [5, 5.41) is 9.63. The number of anilines is 1. The number of halogens is 1. The Kier molecular flexibility index (Phi) is 6.50. The summed E-state index contributed by atoms with van der Waals surface area (Å²) in [4.78, 5) is 16.7. The van der Waals surface area contributed by atoms with Crippen LogP contribution in [0.25, 0.3) is 0 Å². The van der Waals surface area contributed by atoms with Crippen LogP contribution in [0, 0.1) is 6.92 Å². The van der Waals surface area contributed by atoms with Gasteiger partial charge in [0.05, 0.1) is 6.54 Å². The van der Waals surface area contributed by atoms with E-state index in [1.54, 1.807) is 0 Å². The van der Waals surface area contributed by atoms with E-state index in [0.29, 0.717) is 19.5 Å². The SMILES string of the molecule is CCNC(=NCc1ccc(Br)cc1C)NCC1CC(=O)Nc2ccccc21. The summed E-state index contributed by atoms with van der Waals surface area (Å²) in [5.41, 5.74) is 4.48. The summed E-state index contributed by atoms with van der Waals surface area (Å²) < 4.78 is 1.08. The number of hydrogen-bond donors (Lipinski definition) is 3. The quantitative estimate of drug-likeness (QED) is 0.499. The molecule has 2 aromatic rings. The van der Waals surface area contributed by atoms with Crippen molar-refractivity contribution in [1.29, 1.82) is 0 Å². The number of para-hydroxylation sites is 1. The Bertz CT molecular complexity index is 850. The van der Waals surface area contributed by atoms with Crippen LogP contribution in [-0.4, -0.2) is 25.0 Å². The molecule has 5 nitrogen and oxygen atoms in total. The van der Waals surface area contributed by atoms with Gasteiger partial charge in [-0.2, -0.15) is 0 Å². The lowest BCUT2D eigenvalue weighted by molar-refractivity contribution is -0.116. The standard InChI is InChI=1S/C21H25BrN4O/c1-3-23-21(24-12-15-8-9-17(22)10-14(15)2)25-13-16-11-20(27)26-19-7-5-4-6-18(16)19/h4-10,16H,3,11-13H2,1-2H3,(H,26,27)(H2,23,24,25). The first-order valence-corrected chi connectivity index (χ1v) is 10.0. The first-order chi connectivity index (χ1) is 13.1. The number of nitrogens with one attached hydrogen (secondary N) is 3. The normalized spacial score (nSPS) is 16.5. The van der Waals surface area contributed by atoms with Gasteiger partial charge in [0.25, 0.3) is 0 Å². The maximum atomic E-state index is 12.0. The molecule has 0 saturated heterocycles. The minimum atomic E-state index is 0.0629. The molecule has 0 saturated carbocycles. The van der Waals surface area contributed by atoms with Gasteiger partial charge < -0.3 is 16.0 Å². The number of carbonyl (C=O) groups excluding carboxylic acids is 1. The Morgan fingerprint density at radius 3 is 2.85 bits per heavy atom. The van der Waals surface area contributed by atoms with E-state index >= 15 is 0 Å². The largest absolute Gasteiger partial charge is 0.357 e. The van der Waals surface area contributed by atoms with Gasteiger partial charge in [0.15, 0.2) is 5.96 Å². The van der Waals surface area contributed by atoms with Crippen molar-refractivity contribution >= 4 is 33.5 Å². The number of fused-ring (bicyclic) bond motifs is 1. The second-order valence-corrected chi connectivity index (χ2v) is 7.60. The fraction of sp³-hybridized carbons (Fsp3) is 0.333. The lowest BCUT2D eigenvalue weighted by Gasteiger charge is -2.26. The second kappa shape index (κ2) is 9.04. The molecule has 0 spiro atoms. The van der Waals surface area contributed by atoms with Gasteiger partial charge in [0.1, 0.15) is 0 Å². The number of amides is 1. The van der Waals surface area contributed by atoms with Gasteiger partial charge in [-0.05, 0) is 48.7 Å². The minimum Gasteiger partial charge on any atom is -0.357 e. The zero-order valence-corrected chi connectivity index (χ0v) is 17.3. The fourth-order valence-corrected chi connectivity index (χ4v) is 3.72. The molecule has 142 valence electrons. The van der Waals surface area contributed by atoms with E-state index < -0.39 is 0 Å². The number of rotatable bonds is 5. The Morgan fingerprint density at radius 2 is 2.07 bits per heavy atom. The predicted molar refractivity (Wildman–Crippen MR) is 114 cm³/mol. The van der Waals surface area contributed by atoms with Crippen molar-refractivity contribution in [3.63, 3.8) is 0 Å². The molecule has 0 radical (unpaired) electrons. The monoisotopic (exact) mass is 428 g/mol. The first-order valence-electron chi connectivity index (χ1n) is 9.22. The highest BCUT2D eigenvalue weighted by molar-refractivity contribution is 9.10. The van der Waals surface area contributed by atoms with Crippen LogP contribution >= 0.6 is 15.9 Å². The number of nitrogens with zero attached hydrogens (tertiary/aromatic N) is 1. The van der Waals surface area contributed by atoms with Crippen molar-refractivity contribution < 1.29 is 4.79 Å². The zero-order chi connectivity index (χ0) is 19.2. The third kappa shape index (κ3) is 5.10. The molecule has 6 heteroatoms. The molecule has 2 aromatic carbocycles. The maximum Gasteiger partial charge on any atom is 0.225 e. The Hall–Kier alpha value is -2.34. The van der Waals surface area contributed by atoms with Gasteiger partial charge in [-0.15, -0.1) is 0 Å². The van der Waals surface area contributed by atoms with Crippen molar-refractivity contribution in [1.82, 2.24) is 10.6 Å². The van der Waals surface area contributed by atoms with E-state index in [9.17, 15) is 4.79 Å². The van der Waals surface area contributed by atoms with Gasteiger partial charge >= 0.3 is 0 Å². The summed E-state index contributed by atoms with van der Waals surface area (Å²) in [6.07, 6.45) is 0.481. The molecule has 1 heterocycles. The van der Waals surface area contributed by atoms with Crippen molar-refractivity contribution in [3.05, 3.63) is 63.6 Å². The van der Waals surface area contributed by atoms with E-state index in [1.165, 1.54) is 16.7 Å². The molecule has 1 amide bonds. The number of aliphatic imine (C=N–C) groups is 1. The van der Waals surface area contributed by atoms with E-state index in [0.717, 1.165) is 22.7 Å². The molecule has 3 rings (SSSR count). The van der Waals surface area contributed by atoms with E-state index in [1.807, 2.05) is 31.2 Å². The van der Waals surface area contributed by atoms with E-state index in [-0.39, 0.29) is 11.8 Å². The highest BCUT2D eigenvalue weighted by Crippen LogP contribution is 2.31. The molecule has 0 aromatic heterocycles. The van der Waals surface area contributed by atoms with Crippen LogP contribution in [0.5, 0.6) is 0 Å². The summed E-state index contributed by atoms with van der Waals surface area (Å²) in [6.45, 7) is 6.19. The van der Waals surface area contributed by atoms with Crippen LogP contribution in [-0.2, 0) is 11.3 Å². The van der Waals surface area contributed by atoms with Crippen LogP contribution < -0.4 is 16.0 Å². The van der Waals surface area contributed by atoms with Crippen LogP contribution in [0.2, 0.25) is 0 Å². The van der Waals surface area contributed by atoms with Crippen LogP contribution in [0.3, 0.4) is 0 Å². The molecule has 3 N–H and O–H groups in total. The molecule has 0 bridgehead atoms. The Balaban J connectivity index is 1.69. The number of aryl methyl sites for hydroxylation is 1.